The predicted molar refractivity (Wildman–Crippen MR) is 40.0 cm³/mol. The number of aromatic nitrogens is 4. The maximum absolute atomic E-state index is 4.29. The minimum absolute atomic E-state index is 0.0372. The summed E-state index contributed by atoms with van der Waals surface area (Å²) >= 11 is 0.0372. The summed E-state index contributed by atoms with van der Waals surface area (Å²) in [5.74, 6) is 0. The number of rotatable bonds is 2. The van der Waals surface area contributed by atoms with E-state index < -0.39 is 0 Å². The van der Waals surface area contributed by atoms with Crippen molar-refractivity contribution in [2.24, 2.45) is 0 Å². The summed E-state index contributed by atoms with van der Waals surface area (Å²) in [6.07, 6.45) is 5.12. The van der Waals surface area contributed by atoms with Gasteiger partial charge in [-0.2, -0.15) is 0 Å². The van der Waals surface area contributed by atoms with Gasteiger partial charge in [0.05, 0.1) is 0 Å². The van der Waals surface area contributed by atoms with Crippen LogP contribution in [0.3, 0.4) is 0 Å². The molecule has 64 valence electrons. The van der Waals surface area contributed by atoms with Gasteiger partial charge in [0.15, 0.2) is 0 Å². The fraction of sp³-hybridized carbons (Fsp3) is 0.286. The number of hydrogen-bond acceptors (Lipinski definition) is 3. The van der Waals surface area contributed by atoms with E-state index in [2.05, 4.69) is 21.9 Å². The van der Waals surface area contributed by atoms with E-state index in [1.807, 2.05) is 4.40 Å². The van der Waals surface area contributed by atoms with E-state index in [1.165, 1.54) is 4.43 Å². The zero-order valence-corrected chi connectivity index (χ0v) is 8.76. The molecule has 2 heterocycles. The molecule has 0 radical (unpaired) electrons. The van der Waals surface area contributed by atoms with Crippen LogP contribution >= 0.6 is 0 Å². The summed E-state index contributed by atoms with van der Waals surface area (Å²) in [7, 11) is 0. The molecule has 0 aromatic carbocycles. The van der Waals surface area contributed by atoms with Crippen molar-refractivity contribution in [2.45, 2.75) is 6.92 Å². The van der Waals surface area contributed by atoms with Gasteiger partial charge in [-0.15, -0.1) is 0 Å². The van der Waals surface area contributed by atoms with E-state index in [9.17, 15) is 0 Å². The van der Waals surface area contributed by atoms with E-state index in [1.54, 1.807) is 18.9 Å². The maximum atomic E-state index is 4.29. The van der Waals surface area contributed by atoms with Gasteiger partial charge in [-0.3, -0.25) is 0 Å². The van der Waals surface area contributed by atoms with E-state index in [4.69, 9.17) is 0 Å². The molecule has 0 aliphatic rings. The summed E-state index contributed by atoms with van der Waals surface area (Å²) in [6, 6.07) is 0. The SMILES string of the molecule is CC[I-]c1ncc2ncncn12. The molecule has 4 nitrogen and oxygen atoms in total. The Morgan fingerprint density at radius 2 is 2.42 bits per heavy atom. The van der Waals surface area contributed by atoms with E-state index in [0.29, 0.717) is 0 Å². The van der Waals surface area contributed by atoms with Crippen LogP contribution in [0.4, 0.5) is 0 Å². The molecule has 12 heavy (non-hydrogen) atoms. The Hall–Kier alpha value is -0.720. The van der Waals surface area contributed by atoms with Crippen molar-refractivity contribution in [3.63, 3.8) is 0 Å². The van der Waals surface area contributed by atoms with Crippen LogP contribution in [0, 0.1) is 3.83 Å². The zero-order chi connectivity index (χ0) is 8.39. The van der Waals surface area contributed by atoms with Gasteiger partial charge < -0.3 is 0 Å². The van der Waals surface area contributed by atoms with Gasteiger partial charge in [-0.25, -0.2) is 0 Å². The molecule has 0 N–H and O–H groups in total. The number of nitrogens with zero attached hydrogens (tertiary/aromatic N) is 4. The molecule has 5 heteroatoms. The quantitative estimate of drug-likeness (QED) is 0.446. The first-order valence-corrected chi connectivity index (χ1v) is 6.24. The monoisotopic (exact) mass is 275 g/mol. The van der Waals surface area contributed by atoms with Gasteiger partial charge in [-0.1, -0.05) is 0 Å². The Bertz CT molecular complexity index is 384. The molecule has 2 aromatic rings. The number of halogens is 1. The van der Waals surface area contributed by atoms with Crippen molar-refractivity contribution < 1.29 is 21.2 Å². The minimum atomic E-state index is 0.0372. The molecule has 0 fully saturated rings. The molecule has 0 aliphatic carbocycles. The van der Waals surface area contributed by atoms with Crippen LogP contribution in [0.25, 0.3) is 5.65 Å². The molecule has 2 aromatic heterocycles. The average molecular weight is 275 g/mol. The van der Waals surface area contributed by atoms with Crippen molar-refractivity contribution in [1.29, 1.82) is 0 Å². The normalized spacial score (nSPS) is 11.1. The number of fused-ring (bicyclic) bond motifs is 1. The first kappa shape index (κ1) is 7.90. The molecule has 0 spiro atoms. The van der Waals surface area contributed by atoms with Crippen molar-refractivity contribution >= 4 is 5.65 Å². The second-order valence-electron chi connectivity index (χ2n) is 2.17. The molecule has 0 unspecified atom stereocenters. The molecule has 0 bridgehead atoms. The van der Waals surface area contributed by atoms with E-state index in [0.717, 1.165) is 9.48 Å². The number of hydrogen-bond donors (Lipinski definition) is 0. The zero-order valence-electron chi connectivity index (χ0n) is 6.61. The fourth-order valence-electron chi connectivity index (χ4n) is 0.940. The standard InChI is InChI=1S/C7H8IN4/c1-2-8-7-10-3-6-11-4-9-5-12(6)7/h3-5H,2H2,1H3/q-1. The van der Waals surface area contributed by atoms with Crippen molar-refractivity contribution in [3.8, 4) is 0 Å². The third kappa shape index (κ3) is 1.28. The number of imidazole rings is 1. The second-order valence-corrected chi connectivity index (χ2v) is 5.42. The van der Waals surface area contributed by atoms with Gasteiger partial charge >= 0.3 is 80.2 Å². The molecular formula is C7H8IN4-. The topological polar surface area (TPSA) is 43.1 Å². The van der Waals surface area contributed by atoms with Crippen molar-refractivity contribution in [2.75, 3.05) is 4.43 Å². The predicted octanol–water partition coefficient (Wildman–Crippen LogP) is -2.60. The molecule has 0 atom stereocenters. The van der Waals surface area contributed by atoms with Crippen LogP contribution in [0.5, 0.6) is 0 Å². The number of alkyl halides is 1. The van der Waals surface area contributed by atoms with Crippen LogP contribution in [0.2, 0.25) is 0 Å². The molecule has 2 rings (SSSR count). The van der Waals surface area contributed by atoms with Gasteiger partial charge in [0.1, 0.15) is 0 Å². The second kappa shape index (κ2) is 3.34. The van der Waals surface area contributed by atoms with Crippen LogP contribution < -0.4 is 21.2 Å². The van der Waals surface area contributed by atoms with Gasteiger partial charge in [-0.05, 0) is 0 Å². The molecular weight excluding hydrogens is 267 g/mol. The van der Waals surface area contributed by atoms with E-state index in [-0.39, 0.29) is 21.2 Å². The van der Waals surface area contributed by atoms with Crippen LogP contribution in [-0.2, 0) is 0 Å². The Morgan fingerprint density at radius 1 is 1.50 bits per heavy atom. The first-order chi connectivity index (χ1) is 5.92. The van der Waals surface area contributed by atoms with Crippen molar-refractivity contribution in [3.05, 3.63) is 22.7 Å². The summed E-state index contributed by atoms with van der Waals surface area (Å²) in [5, 5.41) is 0. The van der Waals surface area contributed by atoms with Gasteiger partial charge in [0, 0.05) is 0 Å². The molecule has 0 saturated carbocycles. The Balaban J connectivity index is 2.55. The van der Waals surface area contributed by atoms with Crippen molar-refractivity contribution in [1.82, 2.24) is 19.4 Å². The molecule has 0 aliphatic heterocycles. The summed E-state index contributed by atoms with van der Waals surface area (Å²) in [6.45, 7) is 2.18. The first-order valence-electron chi connectivity index (χ1n) is 3.64. The van der Waals surface area contributed by atoms with Crippen LogP contribution in [0.1, 0.15) is 6.92 Å². The van der Waals surface area contributed by atoms with Crippen LogP contribution in [0.15, 0.2) is 18.9 Å². The fourth-order valence-corrected chi connectivity index (χ4v) is 2.70. The summed E-state index contributed by atoms with van der Waals surface area (Å²) in [5.41, 5.74) is 0.896. The third-order valence-corrected chi connectivity index (χ3v) is 3.67. The summed E-state index contributed by atoms with van der Waals surface area (Å²) < 4.78 is 4.32. The van der Waals surface area contributed by atoms with Gasteiger partial charge in [0.2, 0.25) is 0 Å². The van der Waals surface area contributed by atoms with Gasteiger partial charge in [0.25, 0.3) is 0 Å². The Morgan fingerprint density at radius 3 is 3.25 bits per heavy atom. The Kier molecular flexibility index (Phi) is 2.20. The Labute approximate surface area is 80.3 Å². The molecule has 0 amide bonds. The average Bonchev–Trinajstić information content (AvgIpc) is 2.50. The third-order valence-electron chi connectivity index (χ3n) is 1.42. The molecule has 0 saturated heterocycles. The van der Waals surface area contributed by atoms with E-state index >= 15 is 0 Å². The van der Waals surface area contributed by atoms with Crippen LogP contribution in [-0.4, -0.2) is 23.8 Å². The summed E-state index contributed by atoms with van der Waals surface area (Å²) in [4.78, 5) is 12.3.